The summed E-state index contributed by atoms with van der Waals surface area (Å²) in [5, 5.41) is 26.8. The summed E-state index contributed by atoms with van der Waals surface area (Å²) in [5.74, 6) is 0.124. The van der Waals surface area contributed by atoms with Gasteiger partial charge in [0.05, 0.1) is 51.2 Å². The highest BCUT2D eigenvalue weighted by Gasteiger charge is 2.66. The lowest BCUT2D eigenvalue weighted by atomic mass is 9.82. The molecule has 7 rings (SSSR count). The molecule has 0 saturated carbocycles. The van der Waals surface area contributed by atoms with Crippen LogP contribution in [0.1, 0.15) is 48.9 Å². The Hall–Kier alpha value is -4.62. The number of amides is 2. The van der Waals surface area contributed by atoms with E-state index in [-0.39, 0.29) is 47.9 Å². The van der Waals surface area contributed by atoms with Crippen LogP contribution in [-0.4, -0.2) is 78.9 Å². The number of benzene rings is 3. The van der Waals surface area contributed by atoms with E-state index in [2.05, 4.69) is 59.7 Å². The largest absolute Gasteiger partial charge is 0.497 e. The minimum Gasteiger partial charge on any atom is -0.497 e. The van der Waals surface area contributed by atoms with E-state index >= 15 is 0 Å². The van der Waals surface area contributed by atoms with Crippen molar-refractivity contribution in [2.45, 2.75) is 75.0 Å². The third-order valence-corrected chi connectivity index (χ3v) is 16.1. The molecule has 3 aliphatic heterocycles. The number of rotatable bonds is 13. The van der Waals surface area contributed by atoms with Crippen LogP contribution in [-0.2, 0) is 26.5 Å². The number of nitrogens with zero attached hydrogens (tertiary/aromatic N) is 4. The van der Waals surface area contributed by atoms with Crippen molar-refractivity contribution in [2.75, 3.05) is 37.0 Å². The van der Waals surface area contributed by atoms with Gasteiger partial charge in [-0.1, -0.05) is 79.0 Å². The van der Waals surface area contributed by atoms with Crippen molar-refractivity contribution < 1.29 is 24.2 Å². The van der Waals surface area contributed by atoms with Gasteiger partial charge < -0.3 is 30.1 Å². The Kier molecular flexibility index (Phi) is 10.4. The van der Waals surface area contributed by atoms with Crippen LogP contribution in [0.2, 0.25) is 18.6 Å². The lowest BCUT2D eigenvalue weighted by molar-refractivity contribution is -0.145. The van der Waals surface area contributed by atoms with Crippen molar-refractivity contribution in [3.05, 3.63) is 108 Å². The summed E-state index contributed by atoms with van der Waals surface area (Å²) >= 11 is 0. The van der Waals surface area contributed by atoms with Gasteiger partial charge in [0, 0.05) is 36.5 Å². The number of nitrogens with one attached hydrogen (secondary N) is 2. The third kappa shape index (κ3) is 6.62. The van der Waals surface area contributed by atoms with Crippen LogP contribution in [0.4, 0.5) is 11.4 Å². The van der Waals surface area contributed by atoms with Crippen molar-refractivity contribution in [3.63, 3.8) is 0 Å². The lowest BCUT2D eigenvalue weighted by Crippen LogP contribution is -2.52. The fourth-order valence-corrected chi connectivity index (χ4v) is 13.1. The van der Waals surface area contributed by atoms with E-state index in [0.717, 1.165) is 42.0 Å². The fraction of sp³-hybridized carbons (Fsp3) is 0.415. The molecule has 53 heavy (non-hydrogen) atoms. The number of aryl methyl sites for hydroxylation is 1. The summed E-state index contributed by atoms with van der Waals surface area (Å²) in [5.41, 5.74) is 2.63. The highest BCUT2D eigenvalue weighted by molar-refractivity contribution is 6.91. The molecule has 2 amide bonds. The summed E-state index contributed by atoms with van der Waals surface area (Å²) in [6, 6.07) is 23.7. The van der Waals surface area contributed by atoms with E-state index in [1.54, 1.807) is 18.1 Å². The molecule has 12 heteroatoms. The molecule has 2 fully saturated rings. The van der Waals surface area contributed by atoms with E-state index in [4.69, 9.17) is 9.47 Å². The molecule has 2 saturated heterocycles. The zero-order valence-corrected chi connectivity index (χ0v) is 32.0. The van der Waals surface area contributed by atoms with Crippen LogP contribution in [0.3, 0.4) is 0 Å². The smallest absolute Gasteiger partial charge is 0.264 e. The minimum absolute atomic E-state index is 0.0230. The Morgan fingerprint density at radius 3 is 2.64 bits per heavy atom. The average molecular weight is 735 g/mol. The molecule has 11 nitrogen and oxygen atoms in total. The van der Waals surface area contributed by atoms with Crippen molar-refractivity contribution in [3.8, 4) is 5.75 Å². The van der Waals surface area contributed by atoms with Crippen molar-refractivity contribution in [2.24, 2.45) is 5.92 Å². The Balaban J connectivity index is 1.25. The van der Waals surface area contributed by atoms with Crippen LogP contribution in [0.25, 0.3) is 0 Å². The first kappa shape index (κ1) is 36.7. The Morgan fingerprint density at radius 2 is 1.96 bits per heavy atom. The first-order valence-corrected chi connectivity index (χ1v) is 21.7. The number of aromatic nitrogens is 3. The fourth-order valence-electron chi connectivity index (χ4n) is 9.01. The van der Waals surface area contributed by atoms with Crippen molar-refractivity contribution in [1.82, 2.24) is 20.3 Å². The first-order chi connectivity index (χ1) is 25.6. The molecule has 0 bridgehead atoms. The summed E-state index contributed by atoms with van der Waals surface area (Å²) in [4.78, 5) is 29.9. The number of hydrogen-bond donors (Lipinski definition) is 3. The third-order valence-electron chi connectivity index (χ3n) is 11.7. The molecule has 3 N–H and O–H groups in total. The maximum atomic E-state index is 14.9. The van der Waals surface area contributed by atoms with Gasteiger partial charge in [-0.2, -0.15) is 0 Å². The minimum atomic E-state index is -2.38. The number of carbonyl (C=O) groups excluding carboxylic acids is 2. The molecule has 4 aromatic rings. The zero-order chi connectivity index (χ0) is 37.3. The monoisotopic (exact) mass is 734 g/mol. The highest BCUT2D eigenvalue weighted by atomic mass is 28.3. The highest BCUT2D eigenvalue weighted by Crippen LogP contribution is 2.60. The van der Waals surface area contributed by atoms with E-state index in [0.29, 0.717) is 30.9 Å². The van der Waals surface area contributed by atoms with Crippen LogP contribution in [0.5, 0.6) is 5.75 Å². The maximum absolute atomic E-state index is 14.9. The van der Waals surface area contributed by atoms with Crippen molar-refractivity contribution >= 4 is 36.4 Å². The predicted molar refractivity (Wildman–Crippen MR) is 208 cm³/mol. The number of methoxy groups -OCH3 is 1. The molecule has 0 aliphatic carbocycles. The quantitative estimate of drug-likeness (QED) is 0.130. The standard InChI is InChI=1S/C41H50N6O5Si/c1-6-22-47-36-19-14-29(43-39(49)34-13-10-21-42-34)24-33(36)41(40(47)50)27(2)38(53(4,5)31-17-15-30(51-3)16-18-31)37(52-41)20-23-46-25-35(44-45-46)32(26-48)28-11-8-7-9-12-28/h6-9,11-12,14-19,24-25,27,32,34,37-38,42,48H,1,10,13,20-23,26H2,2-5H3,(H,43,49)/t27-,32?,34-,37+,38-,41+/m1/s1. The van der Waals surface area contributed by atoms with Gasteiger partial charge in [-0.15, -0.1) is 11.7 Å². The van der Waals surface area contributed by atoms with Gasteiger partial charge in [0.1, 0.15) is 5.75 Å². The lowest BCUT2D eigenvalue weighted by Gasteiger charge is -2.37. The number of hydrogen-bond acceptors (Lipinski definition) is 8. The van der Waals surface area contributed by atoms with Crippen LogP contribution in [0, 0.1) is 5.92 Å². The number of carbonyl (C=O) groups is 2. The van der Waals surface area contributed by atoms with Gasteiger partial charge in [-0.3, -0.25) is 14.3 Å². The van der Waals surface area contributed by atoms with Gasteiger partial charge in [0.25, 0.3) is 5.91 Å². The molecule has 0 radical (unpaired) electrons. The molecule has 4 heterocycles. The maximum Gasteiger partial charge on any atom is 0.264 e. The molecular weight excluding hydrogens is 685 g/mol. The molecular formula is C41H50N6O5Si. The zero-order valence-electron chi connectivity index (χ0n) is 31.0. The van der Waals surface area contributed by atoms with E-state index < -0.39 is 13.7 Å². The molecule has 1 aromatic heterocycles. The van der Waals surface area contributed by atoms with E-state index in [9.17, 15) is 14.7 Å². The summed E-state index contributed by atoms with van der Waals surface area (Å²) in [6.07, 6.45) is 5.69. The van der Waals surface area contributed by atoms with Gasteiger partial charge in [0.15, 0.2) is 5.60 Å². The Morgan fingerprint density at radius 1 is 1.19 bits per heavy atom. The van der Waals surface area contributed by atoms with Crippen LogP contribution in [0.15, 0.2) is 91.6 Å². The van der Waals surface area contributed by atoms with Gasteiger partial charge >= 0.3 is 0 Å². The van der Waals surface area contributed by atoms with Gasteiger partial charge in [-0.25, -0.2) is 0 Å². The number of aliphatic hydroxyl groups is 1. The molecule has 1 spiro atoms. The van der Waals surface area contributed by atoms with Gasteiger partial charge in [-0.05, 0) is 67.2 Å². The van der Waals surface area contributed by atoms with Crippen LogP contribution < -0.4 is 25.5 Å². The Labute approximate surface area is 312 Å². The molecule has 3 aromatic carbocycles. The normalized spacial score (nSPS) is 24.4. The first-order valence-electron chi connectivity index (χ1n) is 18.6. The Bertz CT molecular complexity index is 1950. The molecule has 6 atom stereocenters. The topological polar surface area (TPSA) is 131 Å². The average Bonchev–Trinajstić information content (AvgIpc) is 3.97. The second-order valence-electron chi connectivity index (χ2n) is 15.1. The number of ether oxygens (including phenoxy) is 2. The second-order valence-corrected chi connectivity index (χ2v) is 19.8. The van der Waals surface area contributed by atoms with Crippen molar-refractivity contribution in [1.29, 1.82) is 0 Å². The molecule has 3 aliphatic rings. The molecule has 278 valence electrons. The van der Waals surface area contributed by atoms with Gasteiger partial charge in [0.2, 0.25) is 5.91 Å². The molecule has 1 unspecified atom stereocenters. The van der Waals surface area contributed by atoms with E-state index in [1.165, 1.54) is 5.19 Å². The predicted octanol–water partition coefficient (Wildman–Crippen LogP) is 4.94. The second kappa shape index (κ2) is 15.0. The SMILES string of the molecule is C=CCN1C(=O)[C@@]2(O[C@@H](CCn3cc(C(CO)c4ccccc4)nn3)[C@H]([Si](C)(C)c3ccc(OC)cc3)[C@H]2C)c2cc(NC(=O)[C@H]3CCCN3)ccc21. The summed E-state index contributed by atoms with van der Waals surface area (Å²) < 4.78 is 14.6. The summed E-state index contributed by atoms with van der Waals surface area (Å²) in [7, 11) is -0.711. The number of aliphatic hydroxyl groups excluding tert-OH is 1. The summed E-state index contributed by atoms with van der Waals surface area (Å²) in [6.45, 7) is 12.4. The van der Waals surface area contributed by atoms with E-state index in [1.807, 2.05) is 71.5 Å². The van der Waals surface area contributed by atoms with Crippen LogP contribution >= 0.6 is 0 Å². The number of anilines is 2. The number of fused-ring (bicyclic) bond motifs is 2.